The van der Waals surface area contributed by atoms with E-state index in [2.05, 4.69) is 17.4 Å². The molecule has 1 saturated carbocycles. The molecule has 0 atom stereocenters. The fourth-order valence-electron chi connectivity index (χ4n) is 5.23. The number of anilines is 1. The van der Waals surface area contributed by atoms with Crippen LogP contribution in [0.5, 0.6) is 5.75 Å². The van der Waals surface area contributed by atoms with Crippen molar-refractivity contribution in [3.8, 4) is 17.0 Å². The average molecular weight is 466 g/mol. The lowest BCUT2D eigenvalue weighted by molar-refractivity contribution is 0.100. The van der Waals surface area contributed by atoms with Crippen molar-refractivity contribution in [3.05, 3.63) is 89.5 Å². The van der Waals surface area contributed by atoms with Gasteiger partial charge in [0, 0.05) is 23.2 Å². The molecule has 1 aliphatic carbocycles. The van der Waals surface area contributed by atoms with Gasteiger partial charge in [-0.15, -0.1) is 0 Å². The Labute approximate surface area is 206 Å². The summed E-state index contributed by atoms with van der Waals surface area (Å²) in [6.45, 7) is 3.24. The molecule has 5 rings (SSSR count). The number of fused-ring (bicyclic) bond motifs is 1. The summed E-state index contributed by atoms with van der Waals surface area (Å²) in [7, 11) is 0. The molecule has 0 radical (unpaired) electrons. The van der Waals surface area contributed by atoms with Crippen LogP contribution >= 0.6 is 0 Å². The first kappa shape index (κ1) is 22.9. The molecule has 0 unspecified atom stereocenters. The van der Waals surface area contributed by atoms with Crippen molar-refractivity contribution in [3.63, 3.8) is 0 Å². The molecule has 1 amide bonds. The number of ether oxygens (including phenoxy) is 1. The number of aromatic nitrogens is 1. The zero-order valence-corrected chi connectivity index (χ0v) is 20.1. The SMILES string of the molecule is CCOc1ccc(-c2nc3cccc(NCc4ccccc4)c3c(C(N)=O)c2C2CCCC2)cc1. The van der Waals surface area contributed by atoms with Gasteiger partial charge in [-0.05, 0) is 73.2 Å². The third-order valence-electron chi connectivity index (χ3n) is 6.82. The van der Waals surface area contributed by atoms with Crippen LogP contribution in [0.1, 0.15) is 60.0 Å². The minimum absolute atomic E-state index is 0.262. The summed E-state index contributed by atoms with van der Waals surface area (Å²) in [6.07, 6.45) is 4.38. The summed E-state index contributed by atoms with van der Waals surface area (Å²) in [5.74, 6) is 0.681. The van der Waals surface area contributed by atoms with Crippen molar-refractivity contribution in [1.29, 1.82) is 0 Å². The standard InChI is InChI=1S/C30H31N3O2/c1-2-35-23-17-15-22(16-18-23)29-26(21-11-6-7-12-21)28(30(31)34)27-24(13-8-14-25(27)33-29)32-19-20-9-4-3-5-10-20/h3-5,8-10,13-18,21,32H,2,6-7,11-12,19H2,1H3,(H2,31,34). The van der Waals surface area contributed by atoms with E-state index in [4.69, 9.17) is 15.5 Å². The first-order valence-electron chi connectivity index (χ1n) is 12.4. The van der Waals surface area contributed by atoms with Crippen LogP contribution in [-0.4, -0.2) is 17.5 Å². The van der Waals surface area contributed by atoms with E-state index >= 15 is 0 Å². The highest BCUT2D eigenvalue weighted by Crippen LogP contribution is 2.44. The van der Waals surface area contributed by atoms with Gasteiger partial charge in [0.2, 0.25) is 5.91 Å². The second kappa shape index (κ2) is 10.2. The highest BCUT2D eigenvalue weighted by atomic mass is 16.5. The summed E-state index contributed by atoms with van der Waals surface area (Å²) in [4.78, 5) is 18.2. The Morgan fingerprint density at radius 1 is 1.00 bits per heavy atom. The zero-order chi connectivity index (χ0) is 24.2. The van der Waals surface area contributed by atoms with Gasteiger partial charge in [0.25, 0.3) is 0 Å². The Kier molecular flexibility index (Phi) is 6.66. The molecule has 5 heteroatoms. The van der Waals surface area contributed by atoms with Crippen LogP contribution in [0.3, 0.4) is 0 Å². The van der Waals surface area contributed by atoms with Crippen molar-refractivity contribution in [1.82, 2.24) is 4.98 Å². The van der Waals surface area contributed by atoms with E-state index < -0.39 is 5.91 Å². The van der Waals surface area contributed by atoms with Gasteiger partial charge in [-0.1, -0.05) is 49.2 Å². The average Bonchev–Trinajstić information content (AvgIpc) is 3.42. The van der Waals surface area contributed by atoms with Gasteiger partial charge in [-0.3, -0.25) is 4.79 Å². The molecule has 1 aliphatic rings. The van der Waals surface area contributed by atoms with Crippen molar-refractivity contribution >= 4 is 22.5 Å². The van der Waals surface area contributed by atoms with Crippen LogP contribution in [-0.2, 0) is 6.54 Å². The number of rotatable bonds is 8. The lowest BCUT2D eigenvalue weighted by Gasteiger charge is -2.22. The highest BCUT2D eigenvalue weighted by Gasteiger charge is 2.29. The smallest absolute Gasteiger partial charge is 0.249 e. The molecule has 1 aromatic heterocycles. The van der Waals surface area contributed by atoms with E-state index in [0.717, 1.165) is 64.8 Å². The van der Waals surface area contributed by atoms with E-state index in [-0.39, 0.29) is 5.92 Å². The van der Waals surface area contributed by atoms with E-state index in [1.807, 2.05) is 67.6 Å². The number of amides is 1. The largest absolute Gasteiger partial charge is 0.494 e. The van der Waals surface area contributed by atoms with Gasteiger partial charge >= 0.3 is 0 Å². The van der Waals surface area contributed by atoms with Gasteiger partial charge in [0.05, 0.1) is 23.4 Å². The lowest BCUT2D eigenvalue weighted by atomic mass is 9.86. The molecule has 0 saturated heterocycles. The molecular formula is C30H31N3O2. The molecule has 3 N–H and O–H groups in total. The number of benzene rings is 3. The van der Waals surface area contributed by atoms with Crippen LogP contribution in [0.25, 0.3) is 22.2 Å². The minimum atomic E-state index is -0.402. The maximum Gasteiger partial charge on any atom is 0.249 e. The number of hydrogen-bond donors (Lipinski definition) is 2. The van der Waals surface area contributed by atoms with Crippen LogP contribution < -0.4 is 15.8 Å². The van der Waals surface area contributed by atoms with E-state index in [0.29, 0.717) is 18.7 Å². The molecule has 5 nitrogen and oxygen atoms in total. The Hall–Kier alpha value is -3.86. The van der Waals surface area contributed by atoms with Gasteiger partial charge in [0.1, 0.15) is 5.75 Å². The summed E-state index contributed by atoms with van der Waals surface area (Å²) >= 11 is 0. The predicted molar refractivity (Wildman–Crippen MR) is 142 cm³/mol. The maximum atomic E-state index is 13.1. The van der Waals surface area contributed by atoms with Gasteiger partial charge in [-0.25, -0.2) is 4.98 Å². The Bertz CT molecular complexity index is 1330. The molecule has 35 heavy (non-hydrogen) atoms. The summed E-state index contributed by atoms with van der Waals surface area (Å²) in [5.41, 5.74) is 12.3. The Morgan fingerprint density at radius 2 is 1.74 bits per heavy atom. The van der Waals surface area contributed by atoms with Crippen LogP contribution in [0.2, 0.25) is 0 Å². The van der Waals surface area contributed by atoms with Crippen molar-refractivity contribution in [2.75, 3.05) is 11.9 Å². The third kappa shape index (κ3) is 4.72. The molecule has 178 valence electrons. The lowest BCUT2D eigenvalue weighted by Crippen LogP contribution is -2.18. The molecule has 3 aromatic carbocycles. The van der Waals surface area contributed by atoms with Crippen molar-refractivity contribution < 1.29 is 9.53 Å². The fraction of sp³-hybridized carbons (Fsp3) is 0.267. The normalized spacial score (nSPS) is 13.7. The number of carbonyl (C=O) groups excluding carboxylic acids is 1. The third-order valence-corrected chi connectivity index (χ3v) is 6.82. The quantitative estimate of drug-likeness (QED) is 0.305. The van der Waals surface area contributed by atoms with Crippen LogP contribution in [0.4, 0.5) is 5.69 Å². The van der Waals surface area contributed by atoms with Crippen LogP contribution in [0.15, 0.2) is 72.8 Å². The highest BCUT2D eigenvalue weighted by molar-refractivity contribution is 6.12. The number of hydrogen-bond acceptors (Lipinski definition) is 4. The second-order valence-corrected chi connectivity index (χ2v) is 9.09. The molecule has 4 aromatic rings. The molecule has 0 spiro atoms. The van der Waals surface area contributed by atoms with E-state index in [1.54, 1.807) is 0 Å². The van der Waals surface area contributed by atoms with Crippen molar-refractivity contribution in [2.45, 2.75) is 45.1 Å². The Morgan fingerprint density at radius 3 is 2.43 bits per heavy atom. The minimum Gasteiger partial charge on any atom is -0.494 e. The topological polar surface area (TPSA) is 77.2 Å². The number of nitrogens with two attached hydrogens (primary N) is 1. The molecule has 0 aliphatic heterocycles. The Balaban J connectivity index is 1.69. The van der Waals surface area contributed by atoms with E-state index in [9.17, 15) is 4.79 Å². The number of primary amides is 1. The van der Waals surface area contributed by atoms with E-state index in [1.165, 1.54) is 5.56 Å². The first-order chi connectivity index (χ1) is 17.2. The summed E-state index contributed by atoms with van der Waals surface area (Å²) in [6, 6.07) is 24.2. The monoisotopic (exact) mass is 465 g/mol. The van der Waals surface area contributed by atoms with Crippen LogP contribution in [0, 0.1) is 0 Å². The van der Waals surface area contributed by atoms with Gasteiger partial charge in [-0.2, -0.15) is 0 Å². The number of carbonyl (C=O) groups is 1. The van der Waals surface area contributed by atoms with Gasteiger partial charge < -0.3 is 15.8 Å². The first-order valence-corrected chi connectivity index (χ1v) is 12.4. The number of nitrogens with zero attached hydrogens (tertiary/aromatic N) is 1. The zero-order valence-electron chi connectivity index (χ0n) is 20.1. The molecule has 0 bridgehead atoms. The molecular weight excluding hydrogens is 434 g/mol. The maximum absolute atomic E-state index is 13.1. The number of pyridine rings is 1. The molecule has 1 heterocycles. The summed E-state index contributed by atoms with van der Waals surface area (Å²) in [5, 5.41) is 4.35. The predicted octanol–water partition coefficient (Wildman–Crippen LogP) is 6.67. The fourth-order valence-corrected chi connectivity index (χ4v) is 5.23. The van der Waals surface area contributed by atoms with Gasteiger partial charge in [0.15, 0.2) is 0 Å². The summed E-state index contributed by atoms with van der Waals surface area (Å²) < 4.78 is 5.64. The second-order valence-electron chi connectivity index (χ2n) is 9.09. The molecule has 1 fully saturated rings. The van der Waals surface area contributed by atoms with Crippen molar-refractivity contribution in [2.24, 2.45) is 5.73 Å². The number of nitrogens with one attached hydrogen (secondary N) is 1.